The van der Waals surface area contributed by atoms with Crippen LogP contribution in [0.25, 0.3) is 0 Å². The summed E-state index contributed by atoms with van der Waals surface area (Å²) in [4.78, 5) is 11.0. The maximum atomic E-state index is 4.46. The van der Waals surface area contributed by atoms with E-state index in [0.717, 1.165) is 29.1 Å². The van der Waals surface area contributed by atoms with Crippen LogP contribution in [0.15, 0.2) is 41.1 Å². The molecule has 1 aromatic heterocycles. The number of rotatable bonds is 6. The molecule has 21 heavy (non-hydrogen) atoms. The first-order valence-electron chi connectivity index (χ1n) is 7.20. The standard InChI is InChI=1S/C16H19BrN4/c1-21(11-12-2-4-14(17)5-3-12)16-19-9-13(10-20-16)8-18-15-6-7-15/h2-5,9-10,15,18H,6-8,11H2,1H3. The smallest absolute Gasteiger partial charge is 0.225 e. The van der Waals surface area contributed by atoms with Gasteiger partial charge in [0.1, 0.15) is 0 Å². The molecule has 0 unspecified atom stereocenters. The van der Waals surface area contributed by atoms with E-state index in [1.807, 2.05) is 19.4 Å². The zero-order valence-electron chi connectivity index (χ0n) is 12.1. The lowest BCUT2D eigenvalue weighted by Crippen LogP contribution is -2.20. The molecule has 1 aliphatic rings. The topological polar surface area (TPSA) is 41.1 Å². The van der Waals surface area contributed by atoms with Crippen LogP contribution in [0.4, 0.5) is 5.95 Å². The molecule has 0 radical (unpaired) electrons. The zero-order valence-corrected chi connectivity index (χ0v) is 13.7. The van der Waals surface area contributed by atoms with Gasteiger partial charge in [-0.2, -0.15) is 0 Å². The van der Waals surface area contributed by atoms with Gasteiger partial charge in [0.05, 0.1) is 0 Å². The van der Waals surface area contributed by atoms with Crippen molar-refractivity contribution >= 4 is 21.9 Å². The summed E-state index contributed by atoms with van der Waals surface area (Å²) in [6, 6.07) is 9.03. The summed E-state index contributed by atoms with van der Waals surface area (Å²) in [5, 5.41) is 3.47. The van der Waals surface area contributed by atoms with Crippen LogP contribution < -0.4 is 10.2 Å². The van der Waals surface area contributed by atoms with Crippen LogP contribution >= 0.6 is 15.9 Å². The first kappa shape index (κ1) is 14.5. The second-order valence-corrected chi connectivity index (χ2v) is 6.44. The maximum absolute atomic E-state index is 4.46. The van der Waals surface area contributed by atoms with E-state index in [-0.39, 0.29) is 0 Å². The molecule has 0 saturated heterocycles. The highest BCUT2D eigenvalue weighted by atomic mass is 79.9. The number of nitrogens with zero attached hydrogens (tertiary/aromatic N) is 3. The molecular weight excluding hydrogens is 328 g/mol. The molecule has 0 aliphatic heterocycles. The van der Waals surface area contributed by atoms with E-state index in [0.29, 0.717) is 6.04 Å². The van der Waals surface area contributed by atoms with Gasteiger partial charge in [0.15, 0.2) is 0 Å². The number of hydrogen-bond acceptors (Lipinski definition) is 4. The van der Waals surface area contributed by atoms with E-state index < -0.39 is 0 Å². The Hall–Kier alpha value is -1.46. The SMILES string of the molecule is CN(Cc1ccc(Br)cc1)c1ncc(CNC2CC2)cn1. The van der Waals surface area contributed by atoms with Crippen molar-refractivity contribution in [3.8, 4) is 0 Å². The lowest BCUT2D eigenvalue weighted by molar-refractivity contribution is 0.682. The fraction of sp³-hybridized carbons (Fsp3) is 0.375. The lowest BCUT2D eigenvalue weighted by Gasteiger charge is -2.17. The van der Waals surface area contributed by atoms with Crippen LogP contribution in [0.1, 0.15) is 24.0 Å². The first-order chi connectivity index (χ1) is 10.2. The summed E-state index contributed by atoms with van der Waals surface area (Å²) >= 11 is 3.45. The highest BCUT2D eigenvalue weighted by molar-refractivity contribution is 9.10. The molecule has 2 aromatic rings. The van der Waals surface area contributed by atoms with Crippen molar-refractivity contribution in [1.29, 1.82) is 0 Å². The van der Waals surface area contributed by atoms with Gasteiger partial charge in [0.25, 0.3) is 0 Å². The summed E-state index contributed by atoms with van der Waals surface area (Å²) in [5.74, 6) is 0.757. The molecule has 5 heteroatoms. The molecule has 0 bridgehead atoms. The molecule has 0 amide bonds. The van der Waals surface area contributed by atoms with E-state index in [1.165, 1.54) is 18.4 Å². The highest BCUT2D eigenvalue weighted by Crippen LogP contribution is 2.19. The molecular formula is C16H19BrN4. The van der Waals surface area contributed by atoms with Crippen molar-refractivity contribution in [2.45, 2.75) is 32.0 Å². The van der Waals surface area contributed by atoms with Gasteiger partial charge in [-0.15, -0.1) is 0 Å². The van der Waals surface area contributed by atoms with E-state index in [1.54, 1.807) is 0 Å². The van der Waals surface area contributed by atoms with Crippen LogP contribution in [0.3, 0.4) is 0 Å². The zero-order chi connectivity index (χ0) is 14.7. The third kappa shape index (κ3) is 4.25. The number of benzene rings is 1. The average Bonchev–Trinajstić information content (AvgIpc) is 3.32. The molecule has 0 spiro atoms. The lowest BCUT2D eigenvalue weighted by atomic mass is 10.2. The molecule has 1 saturated carbocycles. The van der Waals surface area contributed by atoms with Crippen LogP contribution in [-0.4, -0.2) is 23.1 Å². The average molecular weight is 347 g/mol. The van der Waals surface area contributed by atoms with Gasteiger partial charge in [-0.3, -0.25) is 0 Å². The second kappa shape index (κ2) is 6.54. The van der Waals surface area contributed by atoms with Gasteiger partial charge in [-0.25, -0.2) is 9.97 Å². The number of halogens is 1. The molecule has 4 nitrogen and oxygen atoms in total. The molecule has 1 aliphatic carbocycles. The second-order valence-electron chi connectivity index (χ2n) is 5.53. The Morgan fingerprint density at radius 3 is 2.43 bits per heavy atom. The molecule has 3 rings (SSSR count). The number of nitrogens with one attached hydrogen (secondary N) is 1. The van der Waals surface area contributed by atoms with E-state index >= 15 is 0 Å². The quantitative estimate of drug-likeness (QED) is 0.872. The summed E-state index contributed by atoms with van der Waals surface area (Å²) in [6.07, 6.45) is 6.43. The Bertz CT molecular complexity index is 578. The van der Waals surface area contributed by atoms with Crippen molar-refractivity contribution in [2.75, 3.05) is 11.9 Å². The van der Waals surface area contributed by atoms with Crippen molar-refractivity contribution in [2.24, 2.45) is 0 Å². The van der Waals surface area contributed by atoms with Crippen molar-refractivity contribution in [3.63, 3.8) is 0 Å². The molecule has 1 heterocycles. The van der Waals surface area contributed by atoms with Crippen molar-refractivity contribution in [3.05, 3.63) is 52.3 Å². The largest absolute Gasteiger partial charge is 0.340 e. The third-order valence-corrected chi connectivity index (χ3v) is 4.07. The Morgan fingerprint density at radius 1 is 1.14 bits per heavy atom. The van der Waals surface area contributed by atoms with Gasteiger partial charge in [-0.05, 0) is 30.5 Å². The van der Waals surface area contributed by atoms with Gasteiger partial charge in [0, 0.05) is 48.6 Å². The minimum Gasteiger partial charge on any atom is -0.340 e. The first-order valence-corrected chi connectivity index (χ1v) is 8.00. The number of aromatic nitrogens is 2. The molecule has 1 fully saturated rings. The predicted octanol–water partition coefficient (Wildman–Crippen LogP) is 3.13. The molecule has 0 atom stereocenters. The normalized spacial score (nSPS) is 14.2. The fourth-order valence-electron chi connectivity index (χ4n) is 2.12. The third-order valence-electron chi connectivity index (χ3n) is 3.54. The monoisotopic (exact) mass is 346 g/mol. The van der Waals surface area contributed by atoms with Gasteiger partial charge in [0.2, 0.25) is 5.95 Å². The van der Waals surface area contributed by atoms with Crippen LogP contribution in [0.5, 0.6) is 0 Å². The van der Waals surface area contributed by atoms with Gasteiger partial charge < -0.3 is 10.2 Å². The summed E-state index contributed by atoms with van der Waals surface area (Å²) in [5.41, 5.74) is 2.38. The minimum atomic E-state index is 0.713. The highest BCUT2D eigenvalue weighted by Gasteiger charge is 2.20. The number of anilines is 1. The maximum Gasteiger partial charge on any atom is 0.225 e. The number of hydrogen-bond donors (Lipinski definition) is 1. The van der Waals surface area contributed by atoms with Crippen LogP contribution in [0, 0.1) is 0 Å². The van der Waals surface area contributed by atoms with E-state index in [2.05, 4.69) is 60.4 Å². The minimum absolute atomic E-state index is 0.713. The Balaban J connectivity index is 1.58. The summed E-state index contributed by atoms with van der Waals surface area (Å²) in [7, 11) is 2.01. The van der Waals surface area contributed by atoms with Gasteiger partial charge >= 0.3 is 0 Å². The van der Waals surface area contributed by atoms with Crippen molar-refractivity contribution in [1.82, 2.24) is 15.3 Å². The van der Waals surface area contributed by atoms with Crippen LogP contribution in [0.2, 0.25) is 0 Å². The van der Waals surface area contributed by atoms with Crippen molar-refractivity contribution < 1.29 is 0 Å². The van der Waals surface area contributed by atoms with Gasteiger partial charge in [-0.1, -0.05) is 28.1 Å². The fourth-order valence-corrected chi connectivity index (χ4v) is 2.38. The Morgan fingerprint density at radius 2 is 1.81 bits per heavy atom. The molecule has 1 N–H and O–H groups in total. The Labute approximate surface area is 133 Å². The van der Waals surface area contributed by atoms with Crippen LogP contribution in [-0.2, 0) is 13.1 Å². The molecule has 110 valence electrons. The van der Waals surface area contributed by atoms with E-state index in [4.69, 9.17) is 0 Å². The van der Waals surface area contributed by atoms with E-state index in [9.17, 15) is 0 Å². The molecule has 1 aromatic carbocycles. The Kier molecular flexibility index (Phi) is 4.51. The summed E-state index contributed by atoms with van der Waals surface area (Å²) < 4.78 is 1.10. The summed E-state index contributed by atoms with van der Waals surface area (Å²) in [6.45, 7) is 1.66. The predicted molar refractivity (Wildman–Crippen MR) is 88.1 cm³/mol.